The van der Waals surface area contributed by atoms with Gasteiger partial charge >= 0.3 is 0 Å². The van der Waals surface area contributed by atoms with E-state index in [1.54, 1.807) is 0 Å². The third kappa shape index (κ3) is 1.48. The summed E-state index contributed by atoms with van der Waals surface area (Å²) in [5, 5.41) is 0. The summed E-state index contributed by atoms with van der Waals surface area (Å²) >= 11 is 0. The van der Waals surface area contributed by atoms with Crippen LogP contribution in [0, 0.1) is 0 Å². The molecule has 2 rings (SSSR count). The van der Waals surface area contributed by atoms with E-state index in [9.17, 15) is 0 Å². The molecule has 0 aliphatic carbocycles. The summed E-state index contributed by atoms with van der Waals surface area (Å²) in [5.41, 5.74) is 2.83. The highest BCUT2D eigenvalue weighted by atomic mass is 15.2. The molecule has 0 aromatic carbocycles. The highest BCUT2D eigenvalue weighted by Crippen LogP contribution is 2.27. The van der Waals surface area contributed by atoms with Gasteiger partial charge in [0.15, 0.2) is 0 Å². The third-order valence-corrected chi connectivity index (χ3v) is 2.83. The Bertz CT molecular complexity index is 335. The number of pyridine rings is 1. The molecule has 0 N–H and O–H groups in total. The molecule has 1 aliphatic rings. The van der Waals surface area contributed by atoms with E-state index < -0.39 is 0 Å². The zero-order chi connectivity index (χ0) is 10.1. The fourth-order valence-electron chi connectivity index (χ4n) is 1.94. The quantitative estimate of drug-likeness (QED) is 0.706. The summed E-state index contributed by atoms with van der Waals surface area (Å²) < 4.78 is 0. The topological polar surface area (TPSA) is 19.4 Å². The first kappa shape index (κ1) is 9.46. The number of hydrogen-bond donors (Lipinski definition) is 0. The van der Waals surface area contributed by atoms with Gasteiger partial charge in [-0.3, -0.25) is 4.90 Å². The minimum Gasteiger partial charge on any atom is -0.360 e. The summed E-state index contributed by atoms with van der Waals surface area (Å²) in [7, 11) is 4.25. The molecule has 0 radical (unpaired) electrons. The molecule has 0 saturated carbocycles. The van der Waals surface area contributed by atoms with Crippen LogP contribution in [0.25, 0.3) is 0 Å². The van der Waals surface area contributed by atoms with E-state index in [2.05, 4.69) is 41.9 Å². The van der Waals surface area contributed by atoms with Gasteiger partial charge in [-0.25, -0.2) is 4.98 Å². The molecule has 0 unspecified atom stereocenters. The fourth-order valence-corrected chi connectivity index (χ4v) is 1.94. The molecule has 76 valence electrons. The summed E-state index contributed by atoms with van der Waals surface area (Å²) in [6, 6.07) is 2.13. The van der Waals surface area contributed by atoms with E-state index in [1.165, 1.54) is 11.1 Å². The van der Waals surface area contributed by atoms with Gasteiger partial charge < -0.3 is 4.90 Å². The average Bonchev–Trinajstić information content (AvgIpc) is 2.56. The van der Waals surface area contributed by atoms with E-state index >= 15 is 0 Å². The maximum absolute atomic E-state index is 4.45. The largest absolute Gasteiger partial charge is 0.360 e. The number of rotatable bonds is 2. The maximum Gasteiger partial charge on any atom is 0.133 e. The molecule has 0 spiro atoms. The summed E-state index contributed by atoms with van der Waals surface area (Å²) in [4.78, 5) is 8.98. The van der Waals surface area contributed by atoms with Crippen molar-refractivity contribution in [2.24, 2.45) is 0 Å². The number of anilines is 1. The Morgan fingerprint density at radius 3 is 3.00 bits per heavy atom. The van der Waals surface area contributed by atoms with Crippen molar-refractivity contribution in [3.8, 4) is 0 Å². The lowest BCUT2D eigenvalue weighted by atomic mass is 10.1. The summed E-state index contributed by atoms with van der Waals surface area (Å²) in [6.45, 7) is 5.25. The Balaban J connectivity index is 2.39. The predicted octanol–water partition coefficient (Wildman–Crippen LogP) is 1.48. The van der Waals surface area contributed by atoms with Crippen molar-refractivity contribution in [2.75, 3.05) is 25.5 Å². The third-order valence-electron chi connectivity index (χ3n) is 2.83. The van der Waals surface area contributed by atoms with Crippen LogP contribution in [0.5, 0.6) is 0 Å². The van der Waals surface area contributed by atoms with Gasteiger partial charge in [0, 0.05) is 38.4 Å². The van der Waals surface area contributed by atoms with Gasteiger partial charge in [0.05, 0.1) is 0 Å². The van der Waals surface area contributed by atoms with Crippen LogP contribution in [0.3, 0.4) is 0 Å². The van der Waals surface area contributed by atoms with Crippen LogP contribution in [0.2, 0.25) is 0 Å². The second-order valence-electron chi connectivity index (χ2n) is 3.96. The van der Waals surface area contributed by atoms with Gasteiger partial charge in [-0.1, -0.05) is 0 Å². The molecule has 0 amide bonds. The van der Waals surface area contributed by atoms with Gasteiger partial charge in [0.25, 0.3) is 0 Å². The van der Waals surface area contributed by atoms with Crippen LogP contribution in [0.1, 0.15) is 18.1 Å². The molecule has 3 nitrogen and oxygen atoms in total. The van der Waals surface area contributed by atoms with Crippen LogP contribution in [-0.4, -0.2) is 30.5 Å². The smallest absolute Gasteiger partial charge is 0.133 e. The molecule has 1 aliphatic heterocycles. The number of hydrogen-bond acceptors (Lipinski definition) is 3. The molecule has 0 saturated heterocycles. The first-order valence-electron chi connectivity index (χ1n) is 5.08. The molecule has 0 bridgehead atoms. The zero-order valence-electron chi connectivity index (χ0n) is 9.12. The van der Waals surface area contributed by atoms with Crippen LogP contribution in [0.15, 0.2) is 12.3 Å². The van der Waals surface area contributed by atoms with E-state index in [0.29, 0.717) is 0 Å². The first-order chi connectivity index (χ1) is 6.72. The fraction of sp³-hybridized carbons (Fsp3) is 0.545. The minimum absolute atomic E-state index is 1.01. The van der Waals surface area contributed by atoms with E-state index in [-0.39, 0.29) is 0 Å². The van der Waals surface area contributed by atoms with Crippen LogP contribution >= 0.6 is 0 Å². The Morgan fingerprint density at radius 2 is 2.29 bits per heavy atom. The molecule has 3 heteroatoms. The Hall–Kier alpha value is -1.09. The Morgan fingerprint density at radius 1 is 1.50 bits per heavy atom. The monoisotopic (exact) mass is 191 g/mol. The van der Waals surface area contributed by atoms with Crippen molar-refractivity contribution in [3.05, 3.63) is 23.4 Å². The standard InChI is InChI=1S/C11H17N3/c1-4-14(3)11-10-8-13(2)7-9(10)5-6-12-11/h5-6H,4,7-8H2,1-3H3. The van der Waals surface area contributed by atoms with Crippen molar-refractivity contribution in [2.45, 2.75) is 20.0 Å². The van der Waals surface area contributed by atoms with E-state index in [0.717, 1.165) is 25.5 Å². The van der Waals surface area contributed by atoms with Gasteiger partial charge in [-0.2, -0.15) is 0 Å². The minimum atomic E-state index is 1.01. The summed E-state index contributed by atoms with van der Waals surface area (Å²) in [6.07, 6.45) is 1.92. The van der Waals surface area contributed by atoms with Crippen molar-refractivity contribution < 1.29 is 0 Å². The molecule has 0 atom stereocenters. The Labute approximate surface area is 85.4 Å². The van der Waals surface area contributed by atoms with Crippen molar-refractivity contribution in [1.82, 2.24) is 9.88 Å². The highest BCUT2D eigenvalue weighted by Gasteiger charge is 2.20. The lowest BCUT2D eigenvalue weighted by Gasteiger charge is -2.18. The molecule has 0 fully saturated rings. The average molecular weight is 191 g/mol. The van der Waals surface area contributed by atoms with Crippen LogP contribution in [-0.2, 0) is 13.1 Å². The highest BCUT2D eigenvalue weighted by molar-refractivity contribution is 5.51. The predicted molar refractivity (Wildman–Crippen MR) is 58.4 cm³/mol. The van der Waals surface area contributed by atoms with Gasteiger partial charge in [0.1, 0.15) is 5.82 Å². The second kappa shape index (κ2) is 3.58. The van der Waals surface area contributed by atoms with Crippen molar-refractivity contribution in [1.29, 1.82) is 0 Å². The number of aromatic nitrogens is 1. The van der Waals surface area contributed by atoms with E-state index in [1.807, 2.05) is 6.20 Å². The lowest BCUT2D eigenvalue weighted by molar-refractivity contribution is 0.353. The van der Waals surface area contributed by atoms with Gasteiger partial charge in [-0.05, 0) is 25.6 Å². The SMILES string of the molecule is CCN(C)c1nccc2c1CN(C)C2. The molecular weight excluding hydrogens is 174 g/mol. The summed E-state index contributed by atoms with van der Waals surface area (Å²) in [5.74, 6) is 1.15. The first-order valence-corrected chi connectivity index (χ1v) is 5.08. The zero-order valence-corrected chi connectivity index (χ0v) is 9.12. The van der Waals surface area contributed by atoms with Crippen LogP contribution in [0.4, 0.5) is 5.82 Å². The van der Waals surface area contributed by atoms with Crippen molar-refractivity contribution in [3.63, 3.8) is 0 Å². The maximum atomic E-state index is 4.45. The van der Waals surface area contributed by atoms with Crippen LogP contribution < -0.4 is 4.90 Å². The number of fused-ring (bicyclic) bond motifs is 1. The normalized spacial score (nSPS) is 15.6. The van der Waals surface area contributed by atoms with Crippen molar-refractivity contribution >= 4 is 5.82 Å². The molecule has 1 aromatic heterocycles. The second-order valence-corrected chi connectivity index (χ2v) is 3.96. The number of nitrogens with zero attached hydrogens (tertiary/aromatic N) is 3. The molecule has 1 aromatic rings. The molecule has 2 heterocycles. The van der Waals surface area contributed by atoms with E-state index in [4.69, 9.17) is 0 Å². The lowest BCUT2D eigenvalue weighted by Crippen LogP contribution is -2.19. The molecule has 14 heavy (non-hydrogen) atoms. The Kier molecular flexibility index (Phi) is 2.42. The van der Waals surface area contributed by atoms with Gasteiger partial charge in [-0.15, -0.1) is 0 Å². The molecular formula is C11H17N3. The van der Waals surface area contributed by atoms with Gasteiger partial charge in [0.2, 0.25) is 0 Å².